The molecule has 2 aromatic carbocycles. The average molecular weight is 396 g/mol. The zero-order chi connectivity index (χ0) is 20.5. The Labute approximate surface area is 164 Å². The average Bonchev–Trinajstić information content (AvgIpc) is 3.10. The van der Waals surface area contributed by atoms with Crippen molar-refractivity contribution in [2.75, 3.05) is 6.54 Å². The molecule has 0 saturated heterocycles. The van der Waals surface area contributed by atoms with Crippen molar-refractivity contribution in [1.82, 2.24) is 20.1 Å². The van der Waals surface area contributed by atoms with Crippen LogP contribution in [0.15, 0.2) is 47.3 Å². The number of nitrogens with one attached hydrogen (secondary N) is 2. The van der Waals surface area contributed by atoms with Gasteiger partial charge in [0, 0.05) is 29.7 Å². The highest BCUT2D eigenvalue weighted by Gasteiger charge is 2.16. The molecule has 148 valence electrons. The number of carbonyl (C=O) groups excluding carboxylic acids is 1. The number of hydrogen-bond acceptors (Lipinski definition) is 3. The predicted molar refractivity (Wildman–Crippen MR) is 106 cm³/mol. The Morgan fingerprint density at radius 3 is 2.62 bits per heavy atom. The van der Waals surface area contributed by atoms with Crippen LogP contribution in [0.2, 0.25) is 0 Å². The molecule has 0 unspecified atom stereocenters. The van der Waals surface area contributed by atoms with Crippen molar-refractivity contribution in [1.29, 1.82) is 0 Å². The van der Waals surface area contributed by atoms with Gasteiger partial charge in [-0.1, -0.05) is 0 Å². The van der Waals surface area contributed by atoms with Gasteiger partial charge in [-0.25, -0.2) is 8.78 Å². The molecule has 0 spiro atoms. The summed E-state index contributed by atoms with van der Waals surface area (Å²) in [4.78, 5) is 25.1. The van der Waals surface area contributed by atoms with Gasteiger partial charge in [0.15, 0.2) is 0 Å². The molecular formula is C21H18F2N4O2. The van der Waals surface area contributed by atoms with E-state index >= 15 is 0 Å². The lowest BCUT2D eigenvalue weighted by Crippen LogP contribution is -2.27. The van der Waals surface area contributed by atoms with Gasteiger partial charge < -0.3 is 9.88 Å². The molecule has 0 aliphatic heterocycles. The van der Waals surface area contributed by atoms with Gasteiger partial charge in [0.2, 0.25) is 0 Å². The number of H-pyrrole nitrogens is 1. The fraction of sp³-hybridized carbons (Fsp3) is 0.190. The monoisotopic (exact) mass is 396 g/mol. The summed E-state index contributed by atoms with van der Waals surface area (Å²) in [5, 5.41) is 10.7. The first-order chi connectivity index (χ1) is 14.0. The van der Waals surface area contributed by atoms with Gasteiger partial charge in [0.05, 0.1) is 10.9 Å². The summed E-state index contributed by atoms with van der Waals surface area (Å²) in [5.74, 6) is -1.13. The number of halogens is 2. The van der Waals surface area contributed by atoms with Crippen molar-refractivity contribution in [3.8, 4) is 0 Å². The largest absolute Gasteiger partial charge is 0.352 e. The number of aromatic amines is 1. The second-order valence-corrected chi connectivity index (χ2v) is 6.81. The van der Waals surface area contributed by atoms with E-state index in [2.05, 4.69) is 15.5 Å². The highest BCUT2D eigenvalue weighted by Crippen LogP contribution is 2.23. The number of aromatic nitrogens is 3. The summed E-state index contributed by atoms with van der Waals surface area (Å²) < 4.78 is 28.3. The molecule has 1 amide bonds. The molecule has 0 saturated carbocycles. The summed E-state index contributed by atoms with van der Waals surface area (Å²) in [6.45, 7) is 2.41. The minimum absolute atomic E-state index is 0.213. The number of carbonyl (C=O) groups is 1. The van der Waals surface area contributed by atoms with Crippen LogP contribution in [0, 0.1) is 18.6 Å². The Hall–Kier alpha value is -3.55. The van der Waals surface area contributed by atoms with Crippen molar-refractivity contribution in [3.05, 3.63) is 75.7 Å². The van der Waals surface area contributed by atoms with Crippen LogP contribution in [0.4, 0.5) is 8.78 Å². The van der Waals surface area contributed by atoms with Crippen LogP contribution >= 0.6 is 0 Å². The first kappa shape index (κ1) is 18.8. The maximum atomic E-state index is 13.8. The first-order valence-electron chi connectivity index (χ1n) is 9.16. The molecule has 0 radical (unpaired) electrons. The lowest BCUT2D eigenvalue weighted by molar-refractivity contribution is 0.0952. The molecule has 0 fully saturated rings. The molecule has 0 aliphatic carbocycles. The van der Waals surface area contributed by atoms with Gasteiger partial charge in [-0.15, -0.1) is 0 Å². The molecular weight excluding hydrogens is 378 g/mol. The number of aryl methyl sites for hydroxylation is 2. The van der Waals surface area contributed by atoms with Gasteiger partial charge in [-0.2, -0.15) is 5.10 Å². The molecule has 8 heteroatoms. The lowest BCUT2D eigenvalue weighted by atomic mass is 10.1. The van der Waals surface area contributed by atoms with Crippen LogP contribution in [-0.4, -0.2) is 27.2 Å². The number of amides is 1. The van der Waals surface area contributed by atoms with Crippen molar-refractivity contribution in [2.45, 2.75) is 19.9 Å². The first-order valence-corrected chi connectivity index (χ1v) is 9.16. The Morgan fingerprint density at radius 1 is 1.14 bits per heavy atom. The van der Waals surface area contributed by atoms with E-state index in [1.54, 1.807) is 17.6 Å². The van der Waals surface area contributed by atoms with Gasteiger partial charge in [-0.05, 0) is 55.8 Å². The van der Waals surface area contributed by atoms with Crippen molar-refractivity contribution >= 4 is 27.7 Å². The van der Waals surface area contributed by atoms with E-state index in [4.69, 9.17) is 0 Å². The van der Waals surface area contributed by atoms with Crippen LogP contribution in [0.1, 0.15) is 22.5 Å². The molecule has 2 heterocycles. The second-order valence-electron chi connectivity index (χ2n) is 6.81. The van der Waals surface area contributed by atoms with Gasteiger partial charge >= 0.3 is 0 Å². The Bertz CT molecular complexity index is 1280. The highest BCUT2D eigenvalue weighted by molar-refractivity contribution is 6.04. The third kappa shape index (κ3) is 3.49. The topological polar surface area (TPSA) is 79.8 Å². The third-order valence-electron chi connectivity index (χ3n) is 4.86. The smallest absolute Gasteiger partial charge is 0.262 e. The molecule has 6 nitrogen and oxygen atoms in total. The summed E-state index contributed by atoms with van der Waals surface area (Å²) in [6.07, 6.45) is 0.488. The highest BCUT2D eigenvalue weighted by atomic mass is 19.1. The molecule has 0 bridgehead atoms. The number of nitrogens with zero attached hydrogens (tertiary/aromatic N) is 2. The van der Waals surface area contributed by atoms with Gasteiger partial charge in [0.25, 0.3) is 11.5 Å². The Kier molecular flexibility index (Phi) is 4.84. The van der Waals surface area contributed by atoms with Gasteiger partial charge in [-0.3, -0.25) is 14.7 Å². The molecule has 2 N–H and O–H groups in total. The van der Waals surface area contributed by atoms with Crippen LogP contribution in [0.5, 0.6) is 0 Å². The van der Waals surface area contributed by atoms with Crippen LogP contribution in [-0.2, 0) is 6.54 Å². The molecule has 0 aliphatic rings. The van der Waals surface area contributed by atoms with E-state index in [1.807, 2.05) is 0 Å². The number of hydrogen-bond donors (Lipinski definition) is 2. The Balaban J connectivity index is 1.56. The van der Waals surface area contributed by atoms with E-state index in [-0.39, 0.29) is 11.5 Å². The Morgan fingerprint density at radius 2 is 1.86 bits per heavy atom. The van der Waals surface area contributed by atoms with E-state index in [0.717, 1.165) is 0 Å². The minimum Gasteiger partial charge on any atom is -0.352 e. The normalized spacial score (nSPS) is 11.3. The van der Waals surface area contributed by atoms with Crippen LogP contribution < -0.4 is 10.9 Å². The molecule has 4 aromatic rings. The number of pyridine rings is 1. The zero-order valence-corrected chi connectivity index (χ0v) is 15.6. The second kappa shape index (κ2) is 7.46. The van der Waals surface area contributed by atoms with Gasteiger partial charge in [0.1, 0.15) is 17.2 Å². The van der Waals surface area contributed by atoms with E-state index in [9.17, 15) is 18.4 Å². The van der Waals surface area contributed by atoms with Crippen molar-refractivity contribution in [2.24, 2.45) is 0 Å². The lowest BCUT2D eigenvalue weighted by Gasteiger charge is -2.12. The maximum absolute atomic E-state index is 13.8. The maximum Gasteiger partial charge on any atom is 0.262 e. The summed E-state index contributed by atoms with van der Waals surface area (Å²) in [5.41, 5.74) is 1.80. The predicted octanol–water partition coefficient (Wildman–Crippen LogP) is 3.28. The fourth-order valence-corrected chi connectivity index (χ4v) is 3.43. The number of benzene rings is 2. The number of fused-ring (bicyclic) bond motifs is 3. The molecule has 29 heavy (non-hydrogen) atoms. The fourth-order valence-electron chi connectivity index (χ4n) is 3.43. The number of rotatable bonds is 5. The van der Waals surface area contributed by atoms with Crippen LogP contribution in [0.25, 0.3) is 21.8 Å². The van der Waals surface area contributed by atoms with Crippen molar-refractivity contribution in [3.63, 3.8) is 0 Å². The quantitative estimate of drug-likeness (QED) is 0.508. The van der Waals surface area contributed by atoms with E-state index in [1.165, 1.54) is 36.4 Å². The SMILES string of the molecule is Cc1[nH]nc2c1c(=O)n(CCCNC(=O)c1ccc(F)cc1)c1ccc(F)cc21. The molecule has 4 rings (SSSR count). The molecule has 2 aromatic heterocycles. The third-order valence-corrected chi connectivity index (χ3v) is 4.86. The summed E-state index contributed by atoms with van der Waals surface area (Å²) >= 11 is 0. The van der Waals surface area contributed by atoms with E-state index < -0.39 is 11.6 Å². The summed E-state index contributed by atoms with van der Waals surface area (Å²) in [7, 11) is 0. The van der Waals surface area contributed by atoms with Crippen LogP contribution in [0.3, 0.4) is 0 Å². The standard InChI is InChI=1S/C21H18F2N4O2/c1-12-18-19(26-25-12)16-11-15(23)7-8-17(16)27(21(18)29)10-2-9-24-20(28)13-3-5-14(22)6-4-13/h3-8,11H,2,9-10H2,1H3,(H,24,28)(H,25,26). The minimum atomic E-state index is -0.408. The van der Waals surface area contributed by atoms with Crippen molar-refractivity contribution < 1.29 is 13.6 Å². The van der Waals surface area contributed by atoms with E-state index in [0.29, 0.717) is 52.6 Å². The molecule has 0 atom stereocenters. The zero-order valence-electron chi connectivity index (χ0n) is 15.6. The summed E-state index contributed by atoms with van der Waals surface area (Å²) in [6, 6.07) is 9.50.